The minimum absolute atomic E-state index is 0.411. The first-order valence-corrected chi connectivity index (χ1v) is 23.1. The average Bonchev–Trinajstić information content (AvgIpc) is 3.02. The molecule has 3 nitrogen and oxygen atoms in total. The third-order valence-corrected chi connectivity index (χ3v) is 21.1. The molecule has 5 aliphatic heterocycles. The highest BCUT2D eigenvalue weighted by Gasteiger charge is 2.76. The van der Waals surface area contributed by atoms with Gasteiger partial charge in [0.15, 0.2) is 0 Å². The van der Waals surface area contributed by atoms with Gasteiger partial charge in [0, 0.05) is 53.4 Å². The van der Waals surface area contributed by atoms with Gasteiger partial charge < -0.3 is 0 Å². The van der Waals surface area contributed by atoms with Crippen molar-refractivity contribution in [3.8, 4) is 0 Å². The van der Waals surface area contributed by atoms with Gasteiger partial charge in [0.1, 0.15) is 0 Å². The number of hydrogen-bond acceptors (Lipinski definition) is 3. The van der Waals surface area contributed by atoms with Crippen molar-refractivity contribution in [3.63, 3.8) is 0 Å². The van der Waals surface area contributed by atoms with E-state index in [0.717, 1.165) is 41.4 Å². The topological polar surface area (TPSA) is 9.72 Å². The van der Waals surface area contributed by atoms with Crippen molar-refractivity contribution < 1.29 is 0 Å². The first kappa shape index (κ1) is 47.3. The molecule has 0 radical (unpaired) electrons. The van der Waals surface area contributed by atoms with Gasteiger partial charge in [-0.05, 0) is 164 Å². The zero-order valence-corrected chi connectivity index (χ0v) is 41.3. The van der Waals surface area contributed by atoms with Crippen LogP contribution in [0.1, 0.15) is 200 Å². The predicted octanol–water partition coefficient (Wildman–Crippen LogP) is 13.6. The van der Waals surface area contributed by atoms with Gasteiger partial charge in [0.25, 0.3) is 0 Å². The molecule has 53 heavy (non-hydrogen) atoms. The highest BCUT2D eigenvalue weighted by Crippen LogP contribution is 2.77. The Kier molecular flexibility index (Phi) is 13.3. The SMILES string of the molecule is CC(C)N1C(C)C(C)C(C)(C(C)C)C(C)C1C.CC(C)N1C(C)C2(C)CC(C)(C1C)C2(C)C(C)C.CC(C)N1C2(C)CC1(C)C(C)C(C)(C(C)C)C2C. The van der Waals surface area contributed by atoms with Gasteiger partial charge in [-0.3, -0.25) is 14.7 Å². The molecule has 314 valence electrons. The molecular weight excluding hydrogens is 643 g/mol. The summed E-state index contributed by atoms with van der Waals surface area (Å²) in [4.78, 5) is 8.31. The second-order valence-electron chi connectivity index (χ2n) is 23.7. The normalized spacial score (nSPS) is 50.2. The van der Waals surface area contributed by atoms with Crippen molar-refractivity contribution in [2.75, 3.05) is 0 Å². The van der Waals surface area contributed by atoms with E-state index in [0.29, 0.717) is 80.4 Å². The van der Waals surface area contributed by atoms with Crippen molar-refractivity contribution in [1.29, 1.82) is 0 Å². The molecule has 5 heterocycles. The third kappa shape index (κ3) is 6.24. The number of hydrogen-bond donors (Lipinski definition) is 0. The smallest absolute Gasteiger partial charge is 0.0238 e. The Morgan fingerprint density at radius 1 is 0.415 bits per heavy atom. The van der Waals surface area contributed by atoms with Gasteiger partial charge in [-0.2, -0.15) is 0 Å². The van der Waals surface area contributed by atoms with Crippen LogP contribution in [0, 0.1) is 68.5 Å². The summed E-state index contributed by atoms with van der Waals surface area (Å²) in [6.45, 7) is 66.1. The minimum Gasteiger partial charge on any atom is -0.295 e. The molecule has 0 aromatic heterocycles. The number of fused-ring (bicyclic) bond motifs is 4. The van der Waals surface area contributed by atoms with Gasteiger partial charge in [0.05, 0.1) is 0 Å². The Bertz CT molecular complexity index is 1190. The van der Waals surface area contributed by atoms with Gasteiger partial charge in [-0.1, -0.05) is 104 Å². The van der Waals surface area contributed by atoms with E-state index in [9.17, 15) is 0 Å². The molecule has 0 aromatic carbocycles. The second kappa shape index (κ2) is 14.9. The van der Waals surface area contributed by atoms with Crippen LogP contribution in [0.15, 0.2) is 0 Å². The summed E-state index contributed by atoms with van der Waals surface area (Å²) in [7, 11) is 0. The van der Waals surface area contributed by atoms with Crippen LogP contribution in [0.25, 0.3) is 0 Å². The molecule has 7 aliphatic rings. The van der Waals surface area contributed by atoms with Crippen molar-refractivity contribution in [3.05, 3.63) is 0 Å². The van der Waals surface area contributed by atoms with Crippen LogP contribution >= 0.6 is 0 Å². The fourth-order valence-corrected chi connectivity index (χ4v) is 16.4. The van der Waals surface area contributed by atoms with E-state index in [-0.39, 0.29) is 0 Å². The summed E-state index contributed by atoms with van der Waals surface area (Å²) in [6.07, 6.45) is 2.78. The molecule has 0 aromatic rings. The maximum Gasteiger partial charge on any atom is 0.0238 e. The average molecular weight is 742 g/mol. The second-order valence-corrected chi connectivity index (χ2v) is 23.7. The molecule has 2 aliphatic carbocycles. The summed E-state index contributed by atoms with van der Waals surface area (Å²) < 4.78 is 0. The zero-order chi connectivity index (χ0) is 41.7. The van der Waals surface area contributed by atoms with E-state index in [1.165, 1.54) is 12.8 Å². The van der Waals surface area contributed by atoms with Gasteiger partial charge >= 0.3 is 0 Å². The first-order valence-electron chi connectivity index (χ1n) is 23.1. The first-order chi connectivity index (χ1) is 23.7. The largest absolute Gasteiger partial charge is 0.295 e. The minimum atomic E-state index is 0.411. The molecular formula is C50H99N3. The van der Waals surface area contributed by atoms with Crippen LogP contribution in [0.2, 0.25) is 0 Å². The third-order valence-electron chi connectivity index (χ3n) is 21.1. The molecule has 0 spiro atoms. The summed E-state index contributed by atoms with van der Waals surface area (Å²) in [5.74, 6) is 5.34. The lowest BCUT2D eigenvalue weighted by Gasteiger charge is -2.81. The highest BCUT2D eigenvalue weighted by molar-refractivity contribution is 5.26. The van der Waals surface area contributed by atoms with Gasteiger partial charge in [-0.25, -0.2) is 0 Å². The lowest BCUT2D eigenvalue weighted by molar-refractivity contribution is -0.320. The van der Waals surface area contributed by atoms with Crippen LogP contribution in [-0.2, 0) is 0 Å². The van der Waals surface area contributed by atoms with Crippen molar-refractivity contribution in [2.45, 2.75) is 253 Å². The number of likely N-dealkylation sites (tertiary alicyclic amines) is 1. The Morgan fingerprint density at radius 2 is 0.755 bits per heavy atom. The quantitative estimate of drug-likeness (QED) is 0.268. The van der Waals surface area contributed by atoms with E-state index < -0.39 is 0 Å². The maximum absolute atomic E-state index is 2.82. The molecule has 3 heteroatoms. The fourth-order valence-electron chi connectivity index (χ4n) is 16.4. The van der Waals surface area contributed by atoms with Crippen molar-refractivity contribution >= 4 is 0 Å². The fraction of sp³-hybridized carbons (Fsp3) is 1.00. The summed E-state index contributed by atoms with van der Waals surface area (Å²) in [5.41, 5.74) is 3.18. The number of nitrogens with zero attached hydrogens (tertiary/aromatic N) is 3. The van der Waals surface area contributed by atoms with Crippen LogP contribution in [0.3, 0.4) is 0 Å². The van der Waals surface area contributed by atoms with E-state index in [4.69, 9.17) is 0 Å². The molecule has 7 fully saturated rings. The Hall–Kier alpha value is -0.120. The maximum atomic E-state index is 2.82. The van der Waals surface area contributed by atoms with Gasteiger partial charge in [0.2, 0.25) is 0 Å². The molecule has 4 bridgehead atoms. The van der Waals surface area contributed by atoms with Gasteiger partial charge in [-0.15, -0.1) is 0 Å². The standard InChI is InChI=1S/2C17H33N.C16H33N/c1-11(2)17(9)15(7)10-16(17,8)14(6)18(12(3)4)13(15)5;1-11(2)17(9)13(5)15(7)10-16(8,14(17)6)18(15)12(3)4;1-10(2)16(9)12(5)14(7)17(11(3)4)15(8)13(16)6/h2*11-14H,10H2,1-9H3;10-15H,1-9H3. The molecule has 7 rings (SSSR count). The highest BCUT2D eigenvalue weighted by atomic mass is 15.4. The lowest BCUT2D eigenvalue weighted by atomic mass is 9.29. The predicted molar refractivity (Wildman–Crippen MR) is 237 cm³/mol. The van der Waals surface area contributed by atoms with Crippen LogP contribution in [-0.4, -0.2) is 68.1 Å². The molecule has 12 unspecified atom stereocenters. The summed E-state index contributed by atoms with van der Waals surface area (Å²) in [5, 5.41) is 0. The van der Waals surface area contributed by atoms with Crippen molar-refractivity contribution in [1.82, 2.24) is 14.7 Å². The molecule has 0 N–H and O–H groups in total. The van der Waals surface area contributed by atoms with Crippen molar-refractivity contribution in [2.24, 2.45) is 68.5 Å². The molecule has 0 amide bonds. The Balaban J connectivity index is 0.000000214. The summed E-state index contributed by atoms with van der Waals surface area (Å²) in [6, 6.07) is 4.74. The Labute approximate surface area is 335 Å². The van der Waals surface area contributed by atoms with E-state index in [1.807, 2.05) is 0 Å². The summed E-state index contributed by atoms with van der Waals surface area (Å²) >= 11 is 0. The Morgan fingerprint density at radius 3 is 1.02 bits per heavy atom. The molecule has 12 atom stereocenters. The lowest BCUT2D eigenvalue weighted by Crippen LogP contribution is -2.85. The zero-order valence-electron chi connectivity index (χ0n) is 41.3. The van der Waals surface area contributed by atoms with E-state index in [2.05, 4.69) is 202 Å². The van der Waals surface area contributed by atoms with Crippen LogP contribution < -0.4 is 0 Å². The monoisotopic (exact) mass is 742 g/mol. The number of rotatable bonds is 6. The van der Waals surface area contributed by atoms with E-state index >= 15 is 0 Å². The molecule has 2 saturated carbocycles. The van der Waals surface area contributed by atoms with Crippen LogP contribution in [0.5, 0.6) is 0 Å². The number of piperidine rings is 4. The van der Waals surface area contributed by atoms with E-state index in [1.54, 1.807) is 0 Å². The molecule has 5 saturated heterocycles. The van der Waals surface area contributed by atoms with Crippen LogP contribution in [0.4, 0.5) is 0 Å².